The number of halogens is 2. The summed E-state index contributed by atoms with van der Waals surface area (Å²) in [6.07, 6.45) is 1.64. The zero-order valence-corrected chi connectivity index (χ0v) is 12.1. The van der Waals surface area contributed by atoms with Gasteiger partial charge in [0.25, 0.3) is 0 Å². The number of benzene rings is 1. The molecular weight excluding hydrogens is 289 g/mol. The molecule has 2 aromatic rings. The Bertz CT molecular complexity index is 514. The normalized spacial score (nSPS) is 14.4. The lowest BCUT2D eigenvalue weighted by atomic mass is 10.2. The smallest absolute Gasteiger partial charge is 0.118 e. The van der Waals surface area contributed by atoms with E-state index in [1.165, 1.54) is 0 Å². The molecule has 2 atom stereocenters. The molecule has 5 heteroatoms. The molecule has 2 N–H and O–H groups in total. The fraction of sp³-hybridized carbons (Fsp3) is 0.231. The number of nitrogens with two attached hydrogens (primary N) is 1. The third kappa shape index (κ3) is 3.23. The standard InChI is InChI=1S/C13H13Cl2NOS/c1-8(16)13(11-3-2-6-17-11)18-12-7-9(14)4-5-10(12)15/h2-8,13H,16H2,1H3. The fourth-order valence-corrected chi connectivity index (χ4v) is 3.18. The summed E-state index contributed by atoms with van der Waals surface area (Å²) in [6.45, 7) is 1.94. The zero-order chi connectivity index (χ0) is 13.1. The van der Waals surface area contributed by atoms with Crippen molar-refractivity contribution in [2.45, 2.75) is 23.1 Å². The van der Waals surface area contributed by atoms with E-state index in [2.05, 4.69) is 0 Å². The van der Waals surface area contributed by atoms with E-state index in [1.54, 1.807) is 30.2 Å². The van der Waals surface area contributed by atoms with E-state index < -0.39 is 0 Å². The fourth-order valence-electron chi connectivity index (χ4n) is 1.58. The van der Waals surface area contributed by atoms with Gasteiger partial charge in [-0.1, -0.05) is 23.2 Å². The second-order valence-electron chi connectivity index (χ2n) is 3.99. The lowest BCUT2D eigenvalue weighted by Crippen LogP contribution is -2.22. The molecule has 0 saturated carbocycles. The molecule has 0 fully saturated rings. The first-order valence-corrected chi connectivity index (χ1v) is 7.12. The molecule has 1 aromatic heterocycles. The van der Waals surface area contributed by atoms with E-state index in [4.69, 9.17) is 33.4 Å². The number of furan rings is 1. The van der Waals surface area contributed by atoms with Crippen molar-refractivity contribution in [1.29, 1.82) is 0 Å². The maximum Gasteiger partial charge on any atom is 0.118 e. The topological polar surface area (TPSA) is 39.2 Å². The first kappa shape index (κ1) is 13.8. The third-order valence-electron chi connectivity index (χ3n) is 2.45. The molecule has 0 saturated heterocycles. The van der Waals surface area contributed by atoms with Gasteiger partial charge in [-0.2, -0.15) is 0 Å². The molecule has 0 bridgehead atoms. The van der Waals surface area contributed by atoms with E-state index in [0.717, 1.165) is 10.7 Å². The van der Waals surface area contributed by atoms with Crippen molar-refractivity contribution in [2.24, 2.45) is 5.73 Å². The molecular formula is C13H13Cl2NOS. The number of hydrogen-bond acceptors (Lipinski definition) is 3. The van der Waals surface area contributed by atoms with Gasteiger partial charge in [-0.3, -0.25) is 0 Å². The van der Waals surface area contributed by atoms with Crippen LogP contribution in [0.2, 0.25) is 10.0 Å². The summed E-state index contributed by atoms with van der Waals surface area (Å²) < 4.78 is 5.42. The van der Waals surface area contributed by atoms with Gasteiger partial charge < -0.3 is 10.2 Å². The van der Waals surface area contributed by atoms with Crippen LogP contribution >= 0.6 is 35.0 Å². The van der Waals surface area contributed by atoms with Crippen LogP contribution in [0.5, 0.6) is 0 Å². The highest BCUT2D eigenvalue weighted by Crippen LogP contribution is 2.41. The quantitative estimate of drug-likeness (QED) is 0.827. The minimum absolute atomic E-state index is 0.0102. The minimum atomic E-state index is -0.0591. The Balaban J connectivity index is 2.27. The summed E-state index contributed by atoms with van der Waals surface area (Å²) in [5.41, 5.74) is 6.01. The van der Waals surface area contributed by atoms with Crippen LogP contribution in [-0.2, 0) is 0 Å². The van der Waals surface area contributed by atoms with Crippen molar-refractivity contribution in [2.75, 3.05) is 0 Å². The van der Waals surface area contributed by atoms with Crippen LogP contribution in [0.3, 0.4) is 0 Å². The summed E-state index contributed by atoms with van der Waals surface area (Å²) in [4.78, 5) is 0.905. The molecule has 0 aliphatic rings. The van der Waals surface area contributed by atoms with E-state index in [1.807, 2.05) is 25.1 Å². The molecule has 1 aromatic carbocycles. The molecule has 2 unspecified atom stereocenters. The first-order chi connectivity index (χ1) is 8.58. The van der Waals surface area contributed by atoms with Crippen LogP contribution in [0.25, 0.3) is 0 Å². The van der Waals surface area contributed by atoms with Crippen molar-refractivity contribution < 1.29 is 4.42 Å². The van der Waals surface area contributed by atoms with Crippen LogP contribution in [-0.4, -0.2) is 6.04 Å². The molecule has 2 nitrogen and oxygen atoms in total. The van der Waals surface area contributed by atoms with Crippen LogP contribution in [0.15, 0.2) is 45.9 Å². The molecule has 0 spiro atoms. The summed E-state index contributed by atoms with van der Waals surface area (Å²) in [6, 6.07) is 9.10. The molecule has 0 aliphatic heterocycles. The first-order valence-electron chi connectivity index (χ1n) is 5.48. The molecule has 0 amide bonds. The minimum Gasteiger partial charge on any atom is -0.468 e. The highest BCUT2D eigenvalue weighted by atomic mass is 35.5. The van der Waals surface area contributed by atoms with Gasteiger partial charge in [0.05, 0.1) is 16.5 Å². The van der Waals surface area contributed by atoms with Crippen molar-refractivity contribution in [3.63, 3.8) is 0 Å². The molecule has 2 rings (SSSR count). The summed E-state index contributed by atoms with van der Waals surface area (Å²) in [7, 11) is 0. The van der Waals surface area contributed by atoms with Crippen molar-refractivity contribution in [3.8, 4) is 0 Å². The Morgan fingerprint density at radius 1 is 1.28 bits per heavy atom. The monoisotopic (exact) mass is 301 g/mol. The second-order valence-corrected chi connectivity index (χ2v) is 6.01. The molecule has 18 heavy (non-hydrogen) atoms. The predicted molar refractivity (Wildman–Crippen MR) is 77.4 cm³/mol. The third-order valence-corrected chi connectivity index (χ3v) is 4.63. The summed E-state index contributed by atoms with van der Waals surface area (Å²) >= 11 is 13.7. The number of rotatable bonds is 4. The van der Waals surface area contributed by atoms with Crippen LogP contribution in [0.4, 0.5) is 0 Å². The van der Waals surface area contributed by atoms with Gasteiger partial charge in [-0.15, -0.1) is 11.8 Å². The average molecular weight is 302 g/mol. The van der Waals surface area contributed by atoms with Gasteiger partial charge in [-0.05, 0) is 37.3 Å². The summed E-state index contributed by atoms with van der Waals surface area (Å²) in [5, 5.41) is 1.34. The van der Waals surface area contributed by atoms with Crippen LogP contribution in [0.1, 0.15) is 17.9 Å². The van der Waals surface area contributed by atoms with Crippen molar-refractivity contribution in [1.82, 2.24) is 0 Å². The molecule has 1 heterocycles. The van der Waals surface area contributed by atoms with E-state index >= 15 is 0 Å². The lowest BCUT2D eigenvalue weighted by Gasteiger charge is -2.18. The SMILES string of the molecule is CC(N)C(Sc1cc(Cl)ccc1Cl)c1ccco1. The van der Waals surface area contributed by atoms with E-state index in [9.17, 15) is 0 Å². The Hall–Kier alpha value is -0.610. The largest absolute Gasteiger partial charge is 0.468 e. The maximum atomic E-state index is 6.16. The van der Waals surface area contributed by atoms with Gasteiger partial charge in [0.2, 0.25) is 0 Å². The highest BCUT2D eigenvalue weighted by Gasteiger charge is 2.21. The molecule has 0 radical (unpaired) electrons. The zero-order valence-electron chi connectivity index (χ0n) is 9.77. The van der Waals surface area contributed by atoms with Gasteiger partial charge >= 0.3 is 0 Å². The van der Waals surface area contributed by atoms with Crippen LogP contribution < -0.4 is 5.73 Å². The summed E-state index contributed by atoms with van der Waals surface area (Å²) in [5.74, 6) is 0.839. The average Bonchev–Trinajstić information content (AvgIpc) is 2.83. The van der Waals surface area contributed by atoms with Gasteiger partial charge in [0.1, 0.15) is 5.76 Å². The molecule has 96 valence electrons. The van der Waals surface area contributed by atoms with Gasteiger partial charge in [0, 0.05) is 16.0 Å². The van der Waals surface area contributed by atoms with Crippen molar-refractivity contribution >= 4 is 35.0 Å². The van der Waals surface area contributed by atoms with E-state index in [-0.39, 0.29) is 11.3 Å². The van der Waals surface area contributed by atoms with Crippen LogP contribution in [0, 0.1) is 0 Å². The number of thioether (sulfide) groups is 1. The second kappa shape index (κ2) is 6.02. The van der Waals surface area contributed by atoms with E-state index in [0.29, 0.717) is 10.0 Å². The Morgan fingerprint density at radius 2 is 2.06 bits per heavy atom. The van der Waals surface area contributed by atoms with Gasteiger partial charge in [0.15, 0.2) is 0 Å². The predicted octanol–water partition coefficient (Wildman–Crippen LogP) is 4.77. The van der Waals surface area contributed by atoms with Crippen molar-refractivity contribution in [3.05, 3.63) is 52.4 Å². The highest BCUT2D eigenvalue weighted by molar-refractivity contribution is 7.99. The Labute approximate surface area is 120 Å². The van der Waals surface area contributed by atoms with Gasteiger partial charge in [-0.25, -0.2) is 0 Å². The number of hydrogen-bond donors (Lipinski definition) is 1. The Kier molecular flexibility index (Phi) is 4.62. The maximum absolute atomic E-state index is 6.16. The molecule has 0 aliphatic carbocycles. The lowest BCUT2D eigenvalue weighted by molar-refractivity contribution is 0.487. The Morgan fingerprint density at radius 3 is 2.67 bits per heavy atom.